The largest absolute Gasteiger partial charge is 0.417 e. The molecule has 4 heterocycles. The van der Waals surface area contributed by atoms with Crippen molar-refractivity contribution in [1.29, 1.82) is 0 Å². The van der Waals surface area contributed by atoms with Gasteiger partial charge in [0.25, 0.3) is 0 Å². The van der Waals surface area contributed by atoms with Crippen molar-refractivity contribution in [1.82, 2.24) is 14.3 Å². The summed E-state index contributed by atoms with van der Waals surface area (Å²) in [5.41, 5.74) is -0.769. The normalized spacial score (nSPS) is 19.1. The average Bonchev–Trinajstić information content (AvgIpc) is 3.06. The molecular formula is C20H24F3N5O3S. The SMILES string of the molecule is O=S(=O)(c1ccc(N2CCCN(c3ccc(C(F)(F)F)cn3)CC2)nc1)N1CCOCC1. The molecule has 0 saturated carbocycles. The van der Waals surface area contributed by atoms with E-state index in [1.165, 1.54) is 16.6 Å². The number of halogens is 3. The number of hydrogen-bond acceptors (Lipinski definition) is 7. The number of rotatable bonds is 4. The Morgan fingerprint density at radius 3 is 1.91 bits per heavy atom. The zero-order valence-electron chi connectivity index (χ0n) is 17.3. The Kier molecular flexibility index (Phi) is 6.54. The van der Waals surface area contributed by atoms with Crippen molar-refractivity contribution in [3.05, 3.63) is 42.2 Å². The van der Waals surface area contributed by atoms with Gasteiger partial charge in [-0.1, -0.05) is 0 Å². The first-order valence-corrected chi connectivity index (χ1v) is 11.8. The molecule has 0 N–H and O–H groups in total. The lowest BCUT2D eigenvalue weighted by Crippen LogP contribution is -2.40. The summed E-state index contributed by atoms with van der Waals surface area (Å²) < 4.78 is 70.4. The highest BCUT2D eigenvalue weighted by molar-refractivity contribution is 7.89. The second-order valence-corrected chi connectivity index (χ2v) is 9.54. The lowest BCUT2D eigenvalue weighted by Gasteiger charge is -2.26. The van der Waals surface area contributed by atoms with Gasteiger partial charge in [0.2, 0.25) is 10.0 Å². The molecule has 0 spiro atoms. The highest BCUT2D eigenvalue weighted by Gasteiger charge is 2.31. The molecule has 0 aliphatic carbocycles. The molecule has 12 heteroatoms. The number of alkyl halides is 3. The summed E-state index contributed by atoms with van der Waals surface area (Å²) in [4.78, 5) is 12.5. The van der Waals surface area contributed by atoms with Crippen LogP contribution in [0.5, 0.6) is 0 Å². The second-order valence-electron chi connectivity index (χ2n) is 7.60. The van der Waals surface area contributed by atoms with Crippen LogP contribution in [0.25, 0.3) is 0 Å². The summed E-state index contributed by atoms with van der Waals surface area (Å²) in [6.45, 7) is 3.90. The second kappa shape index (κ2) is 9.20. The van der Waals surface area contributed by atoms with E-state index in [0.717, 1.165) is 18.7 Å². The first kappa shape index (κ1) is 22.7. The standard InChI is InChI=1S/C20H24F3N5O3S/c21-20(22,23)16-2-4-18(24-14-16)26-6-1-7-27(9-8-26)19-5-3-17(15-25-19)32(29,30)28-10-12-31-13-11-28/h2-5,14-15H,1,6-13H2. The monoisotopic (exact) mass is 471 g/mol. The summed E-state index contributed by atoms with van der Waals surface area (Å²) >= 11 is 0. The fourth-order valence-electron chi connectivity index (χ4n) is 3.76. The van der Waals surface area contributed by atoms with Crippen molar-refractivity contribution < 1.29 is 26.3 Å². The van der Waals surface area contributed by atoms with Gasteiger partial charge in [-0.25, -0.2) is 18.4 Å². The van der Waals surface area contributed by atoms with Crippen LogP contribution in [0.15, 0.2) is 41.6 Å². The molecule has 0 radical (unpaired) electrons. The van der Waals surface area contributed by atoms with Crippen molar-refractivity contribution in [3.63, 3.8) is 0 Å². The molecule has 32 heavy (non-hydrogen) atoms. The van der Waals surface area contributed by atoms with E-state index in [1.54, 1.807) is 12.1 Å². The van der Waals surface area contributed by atoms with Crippen molar-refractivity contribution in [2.24, 2.45) is 0 Å². The lowest BCUT2D eigenvalue weighted by molar-refractivity contribution is -0.137. The Bertz CT molecular complexity index is 1010. The fourth-order valence-corrected chi connectivity index (χ4v) is 5.12. The Morgan fingerprint density at radius 2 is 1.41 bits per heavy atom. The number of nitrogens with zero attached hydrogens (tertiary/aromatic N) is 5. The highest BCUT2D eigenvalue weighted by Crippen LogP contribution is 2.29. The van der Waals surface area contributed by atoms with E-state index < -0.39 is 21.8 Å². The first-order valence-electron chi connectivity index (χ1n) is 10.3. The van der Waals surface area contributed by atoms with E-state index in [0.29, 0.717) is 64.1 Å². The maximum absolute atomic E-state index is 12.8. The van der Waals surface area contributed by atoms with Gasteiger partial charge >= 0.3 is 6.18 Å². The Morgan fingerprint density at radius 1 is 0.812 bits per heavy atom. The Balaban J connectivity index is 1.41. The minimum absolute atomic E-state index is 0.147. The third kappa shape index (κ3) is 4.97. The van der Waals surface area contributed by atoms with Crippen LogP contribution in [0.3, 0.4) is 0 Å². The number of sulfonamides is 1. The Labute approximate surface area is 184 Å². The average molecular weight is 472 g/mol. The smallest absolute Gasteiger partial charge is 0.379 e. The van der Waals surface area contributed by atoms with E-state index in [9.17, 15) is 21.6 Å². The molecular weight excluding hydrogens is 447 g/mol. The van der Waals surface area contributed by atoms with E-state index >= 15 is 0 Å². The van der Waals surface area contributed by atoms with Crippen LogP contribution >= 0.6 is 0 Å². The van der Waals surface area contributed by atoms with Gasteiger partial charge in [-0.3, -0.25) is 0 Å². The van der Waals surface area contributed by atoms with Gasteiger partial charge in [-0.05, 0) is 30.7 Å². The molecule has 2 aliphatic heterocycles. The lowest BCUT2D eigenvalue weighted by atomic mass is 10.2. The topological polar surface area (TPSA) is 78.9 Å². The van der Waals surface area contributed by atoms with Crippen LogP contribution in [-0.2, 0) is 20.9 Å². The van der Waals surface area contributed by atoms with E-state index in [2.05, 4.69) is 9.97 Å². The van der Waals surface area contributed by atoms with Gasteiger partial charge in [0, 0.05) is 51.7 Å². The molecule has 4 rings (SSSR count). The summed E-state index contributed by atoms with van der Waals surface area (Å²) in [6, 6.07) is 5.69. The van der Waals surface area contributed by atoms with Gasteiger partial charge in [0.1, 0.15) is 16.5 Å². The van der Waals surface area contributed by atoms with Crippen LogP contribution in [-0.4, -0.2) is 75.2 Å². The van der Waals surface area contributed by atoms with Crippen molar-refractivity contribution in [2.45, 2.75) is 17.5 Å². The molecule has 0 atom stereocenters. The van der Waals surface area contributed by atoms with Gasteiger partial charge in [-0.2, -0.15) is 17.5 Å². The zero-order chi connectivity index (χ0) is 22.8. The number of ether oxygens (including phenoxy) is 1. The number of hydrogen-bond donors (Lipinski definition) is 0. The third-order valence-corrected chi connectivity index (χ3v) is 7.43. The molecule has 2 aliphatic rings. The number of anilines is 2. The predicted octanol–water partition coefficient (Wildman–Crippen LogP) is 2.23. The number of aromatic nitrogens is 2. The molecule has 174 valence electrons. The van der Waals surface area contributed by atoms with Crippen LogP contribution in [0.2, 0.25) is 0 Å². The highest BCUT2D eigenvalue weighted by atomic mass is 32.2. The van der Waals surface area contributed by atoms with Crippen molar-refractivity contribution in [3.8, 4) is 0 Å². The van der Waals surface area contributed by atoms with Crippen LogP contribution in [0.4, 0.5) is 24.8 Å². The summed E-state index contributed by atoms with van der Waals surface area (Å²) in [5.74, 6) is 1.16. The Hall–Kier alpha value is -2.44. The quantitative estimate of drug-likeness (QED) is 0.677. The molecule has 2 fully saturated rings. The van der Waals surface area contributed by atoms with Crippen molar-refractivity contribution >= 4 is 21.7 Å². The van der Waals surface area contributed by atoms with Crippen LogP contribution in [0.1, 0.15) is 12.0 Å². The van der Waals surface area contributed by atoms with Crippen LogP contribution in [0, 0.1) is 0 Å². The molecule has 2 saturated heterocycles. The predicted molar refractivity (Wildman–Crippen MR) is 112 cm³/mol. The molecule has 8 nitrogen and oxygen atoms in total. The number of morpholine rings is 1. The van der Waals surface area contributed by atoms with Gasteiger partial charge < -0.3 is 14.5 Å². The van der Waals surface area contributed by atoms with Gasteiger partial charge in [0.05, 0.1) is 18.8 Å². The molecule has 0 bridgehead atoms. The molecule has 2 aromatic rings. The first-order chi connectivity index (χ1) is 15.2. The van der Waals surface area contributed by atoms with Gasteiger partial charge in [-0.15, -0.1) is 0 Å². The maximum Gasteiger partial charge on any atom is 0.417 e. The molecule has 2 aromatic heterocycles. The maximum atomic E-state index is 12.8. The molecule has 0 unspecified atom stereocenters. The minimum atomic E-state index is -4.41. The fraction of sp³-hybridized carbons (Fsp3) is 0.500. The van der Waals surface area contributed by atoms with E-state index in [4.69, 9.17) is 4.74 Å². The third-order valence-electron chi connectivity index (χ3n) is 5.55. The minimum Gasteiger partial charge on any atom is -0.379 e. The summed E-state index contributed by atoms with van der Waals surface area (Å²) in [5, 5.41) is 0. The summed E-state index contributed by atoms with van der Waals surface area (Å²) in [7, 11) is -3.60. The van der Waals surface area contributed by atoms with E-state index in [-0.39, 0.29) is 4.90 Å². The van der Waals surface area contributed by atoms with E-state index in [1.807, 2.05) is 9.80 Å². The van der Waals surface area contributed by atoms with Gasteiger partial charge in [0.15, 0.2) is 0 Å². The van der Waals surface area contributed by atoms with Crippen LogP contribution < -0.4 is 9.80 Å². The summed E-state index contributed by atoms with van der Waals surface area (Å²) in [6.07, 6.45) is -1.42. The zero-order valence-corrected chi connectivity index (χ0v) is 18.1. The van der Waals surface area contributed by atoms with Crippen molar-refractivity contribution in [2.75, 3.05) is 62.3 Å². The molecule has 0 aromatic carbocycles. The number of pyridine rings is 2. The molecule has 0 amide bonds.